The maximum absolute atomic E-state index is 2.34. The van der Waals surface area contributed by atoms with Crippen LogP contribution in [0.4, 0.5) is 0 Å². The van der Waals surface area contributed by atoms with Crippen LogP contribution in [0.25, 0.3) is 0 Å². The van der Waals surface area contributed by atoms with E-state index in [1.807, 2.05) is 0 Å². The minimum Gasteiger partial charge on any atom is -0.0776 e. The van der Waals surface area contributed by atoms with Crippen molar-refractivity contribution in [3.63, 3.8) is 0 Å². The lowest BCUT2D eigenvalue weighted by atomic mass is 10.2. The first kappa shape index (κ1) is 14.2. The van der Waals surface area contributed by atoms with Gasteiger partial charge < -0.3 is 0 Å². The molecule has 1 aromatic carbocycles. The first-order valence-corrected chi connectivity index (χ1v) is 5.72. The van der Waals surface area contributed by atoms with Crippen molar-refractivity contribution in [2.24, 2.45) is 5.92 Å². The summed E-state index contributed by atoms with van der Waals surface area (Å²) in [6, 6.07) is 8.48. The zero-order valence-corrected chi connectivity index (χ0v) is 9.72. The minimum atomic E-state index is 0. The quantitative estimate of drug-likeness (QED) is 0.551. The normalized spacial score (nSPS) is 15.1. The number of aryl methyl sites for hydroxylation is 2. The van der Waals surface area contributed by atoms with Crippen LogP contribution in [0.15, 0.2) is 24.3 Å². The highest BCUT2D eigenvalue weighted by atomic mass is 14.1. The van der Waals surface area contributed by atoms with Crippen LogP contribution in [0.1, 0.15) is 51.2 Å². The molecule has 0 heterocycles. The van der Waals surface area contributed by atoms with Crippen molar-refractivity contribution in [3.8, 4) is 0 Å². The average molecular weight is 206 g/mol. The van der Waals surface area contributed by atoms with Gasteiger partial charge in [0, 0.05) is 0 Å². The zero-order chi connectivity index (χ0) is 10.4. The lowest BCUT2D eigenvalue weighted by Crippen LogP contribution is -1.78. The molecular weight excluding hydrogens is 180 g/mol. The van der Waals surface area contributed by atoms with Gasteiger partial charge in [-0.15, -0.1) is 0 Å². The van der Waals surface area contributed by atoms with E-state index in [-0.39, 0.29) is 7.43 Å². The fourth-order valence-electron chi connectivity index (χ4n) is 1.77. The molecule has 1 aromatic rings. The van der Waals surface area contributed by atoms with E-state index in [2.05, 4.69) is 45.0 Å². The summed E-state index contributed by atoms with van der Waals surface area (Å²) in [4.78, 5) is 0. The highest BCUT2D eigenvalue weighted by Gasteiger charge is 2.07. The molecule has 0 nitrogen and oxygen atoms in total. The Morgan fingerprint density at radius 2 is 1.20 bits per heavy atom. The van der Waals surface area contributed by atoms with Crippen molar-refractivity contribution in [1.29, 1.82) is 0 Å². The smallest absolute Gasteiger partial charge is 0.0398 e. The molecule has 0 atom stereocenters. The van der Waals surface area contributed by atoms with Gasteiger partial charge in [0.05, 0.1) is 0 Å². The Labute approximate surface area is 95.7 Å². The van der Waals surface area contributed by atoms with Crippen LogP contribution >= 0.6 is 0 Å². The second-order valence-corrected chi connectivity index (χ2v) is 4.54. The third-order valence-electron chi connectivity index (χ3n) is 2.86. The third-order valence-corrected chi connectivity index (χ3v) is 2.86. The van der Waals surface area contributed by atoms with Gasteiger partial charge in [-0.05, 0) is 19.8 Å². The third kappa shape index (κ3) is 6.33. The highest BCUT2D eigenvalue weighted by Crippen LogP contribution is 2.22. The molecule has 1 saturated carbocycles. The Balaban J connectivity index is 0.000000253. The van der Waals surface area contributed by atoms with Gasteiger partial charge in [-0.3, -0.25) is 0 Å². The standard InChI is InChI=1S/C8H10.C6H12.CH4/c1-7-3-5-8(2)6-4-7;1-6-4-2-3-5-6;/h3-6H,1-2H3;6H,2-5H2,1H3;1H4. The van der Waals surface area contributed by atoms with E-state index in [9.17, 15) is 0 Å². The molecule has 0 aromatic heterocycles. The van der Waals surface area contributed by atoms with E-state index in [0.29, 0.717) is 0 Å². The molecule has 2 rings (SSSR count). The molecule has 0 heteroatoms. The van der Waals surface area contributed by atoms with Crippen LogP contribution in [0.5, 0.6) is 0 Å². The van der Waals surface area contributed by atoms with E-state index in [4.69, 9.17) is 0 Å². The Kier molecular flexibility index (Phi) is 7.11. The summed E-state index contributed by atoms with van der Waals surface area (Å²) in [5.74, 6) is 1.05. The van der Waals surface area contributed by atoms with E-state index in [1.165, 1.54) is 36.8 Å². The summed E-state index contributed by atoms with van der Waals surface area (Å²) in [6.45, 7) is 6.53. The summed E-state index contributed by atoms with van der Waals surface area (Å²) in [7, 11) is 0. The van der Waals surface area contributed by atoms with Crippen molar-refractivity contribution in [1.82, 2.24) is 0 Å². The van der Waals surface area contributed by atoms with Gasteiger partial charge in [0.15, 0.2) is 0 Å². The topological polar surface area (TPSA) is 0 Å². The van der Waals surface area contributed by atoms with E-state index in [1.54, 1.807) is 0 Å². The van der Waals surface area contributed by atoms with Crippen molar-refractivity contribution in [2.45, 2.75) is 53.9 Å². The second-order valence-electron chi connectivity index (χ2n) is 4.54. The fraction of sp³-hybridized carbons (Fsp3) is 0.600. The second kappa shape index (κ2) is 7.50. The first-order valence-electron chi connectivity index (χ1n) is 5.72. The molecule has 0 amide bonds. The minimum absolute atomic E-state index is 0. The van der Waals surface area contributed by atoms with Gasteiger partial charge in [-0.25, -0.2) is 0 Å². The van der Waals surface area contributed by atoms with Gasteiger partial charge >= 0.3 is 0 Å². The van der Waals surface area contributed by atoms with Crippen LogP contribution < -0.4 is 0 Å². The van der Waals surface area contributed by atoms with Gasteiger partial charge in [0.1, 0.15) is 0 Å². The molecule has 1 fully saturated rings. The van der Waals surface area contributed by atoms with Crippen molar-refractivity contribution < 1.29 is 0 Å². The Hall–Kier alpha value is -0.780. The van der Waals surface area contributed by atoms with Gasteiger partial charge in [0.25, 0.3) is 0 Å². The van der Waals surface area contributed by atoms with Crippen LogP contribution in [0.3, 0.4) is 0 Å². The largest absolute Gasteiger partial charge is 0.0776 e. The molecule has 1 aliphatic carbocycles. The monoisotopic (exact) mass is 206 g/mol. The molecule has 0 saturated heterocycles. The number of benzene rings is 1. The van der Waals surface area contributed by atoms with E-state index < -0.39 is 0 Å². The lowest BCUT2D eigenvalue weighted by Gasteiger charge is -1.91. The molecule has 86 valence electrons. The van der Waals surface area contributed by atoms with E-state index in [0.717, 1.165) is 5.92 Å². The summed E-state index contributed by atoms with van der Waals surface area (Å²) in [5, 5.41) is 0. The average Bonchev–Trinajstić information content (AvgIpc) is 2.63. The highest BCUT2D eigenvalue weighted by molar-refractivity contribution is 5.19. The van der Waals surface area contributed by atoms with Crippen LogP contribution in [0, 0.1) is 19.8 Å². The molecule has 0 aliphatic heterocycles. The molecule has 15 heavy (non-hydrogen) atoms. The SMILES string of the molecule is C.CC1CCCC1.Cc1ccc(C)cc1. The van der Waals surface area contributed by atoms with Crippen LogP contribution in [-0.2, 0) is 0 Å². The summed E-state index contributed by atoms with van der Waals surface area (Å²) in [6.07, 6.45) is 5.95. The summed E-state index contributed by atoms with van der Waals surface area (Å²) < 4.78 is 0. The molecule has 0 N–H and O–H groups in total. The van der Waals surface area contributed by atoms with Crippen molar-refractivity contribution >= 4 is 0 Å². The lowest BCUT2D eigenvalue weighted by molar-refractivity contribution is 0.612. The number of rotatable bonds is 0. The Bertz CT molecular complexity index is 218. The van der Waals surface area contributed by atoms with Crippen LogP contribution in [-0.4, -0.2) is 0 Å². The van der Waals surface area contributed by atoms with Gasteiger partial charge in [-0.2, -0.15) is 0 Å². The fourth-order valence-corrected chi connectivity index (χ4v) is 1.77. The molecule has 0 spiro atoms. The summed E-state index contributed by atoms with van der Waals surface area (Å²) >= 11 is 0. The molecule has 1 aliphatic rings. The van der Waals surface area contributed by atoms with Gasteiger partial charge in [0.2, 0.25) is 0 Å². The number of hydrogen-bond donors (Lipinski definition) is 0. The maximum atomic E-state index is 2.34. The molecule has 0 bridgehead atoms. The Morgan fingerprint density at radius 3 is 1.40 bits per heavy atom. The maximum Gasteiger partial charge on any atom is -0.0398 e. The summed E-state index contributed by atoms with van der Waals surface area (Å²) in [5.41, 5.74) is 2.66. The predicted molar refractivity (Wildman–Crippen MR) is 70.3 cm³/mol. The van der Waals surface area contributed by atoms with Gasteiger partial charge in [-0.1, -0.05) is 75.4 Å². The molecule has 0 unspecified atom stereocenters. The predicted octanol–water partition coefficient (Wildman–Crippen LogP) is 5.14. The Morgan fingerprint density at radius 1 is 0.867 bits per heavy atom. The molecule has 0 radical (unpaired) electrons. The number of hydrogen-bond acceptors (Lipinski definition) is 0. The molecular formula is C15H26. The van der Waals surface area contributed by atoms with Crippen LogP contribution in [0.2, 0.25) is 0 Å². The zero-order valence-electron chi connectivity index (χ0n) is 9.72. The van der Waals surface area contributed by atoms with E-state index >= 15 is 0 Å². The van der Waals surface area contributed by atoms with Crippen molar-refractivity contribution in [2.75, 3.05) is 0 Å². The first-order chi connectivity index (χ1) is 6.68. The van der Waals surface area contributed by atoms with Crippen molar-refractivity contribution in [3.05, 3.63) is 35.4 Å².